The molecule has 124 valence electrons. The summed E-state index contributed by atoms with van der Waals surface area (Å²) >= 11 is 0. The van der Waals surface area contributed by atoms with E-state index in [1.165, 1.54) is 16.8 Å². The summed E-state index contributed by atoms with van der Waals surface area (Å²) in [6, 6.07) is 1.20. The van der Waals surface area contributed by atoms with Gasteiger partial charge in [0, 0.05) is 12.3 Å². The number of aliphatic hydroxyl groups excluding tert-OH is 4. The maximum absolute atomic E-state index is 11.9. The lowest BCUT2D eigenvalue weighted by atomic mass is 9.97. The Morgan fingerprint density at radius 3 is 2.61 bits per heavy atom. The van der Waals surface area contributed by atoms with Crippen LogP contribution in [0.1, 0.15) is 6.23 Å². The molecule has 6 N–H and O–H groups in total. The molecule has 0 aromatic carbocycles. The number of fused-ring (bicyclic) bond motifs is 1. The molecule has 0 aliphatic carbocycles. The molecule has 0 unspecified atom stereocenters. The van der Waals surface area contributed by atoms with Crippen LogP contribution in [0.3, 0.4) is 0 Å². The minimum Gasteiger partial charge on any atom is -0.393 e. The van der Waals surface area contributed by atoms with Crippen LogP contribution in [0.4, 0.5) is 5.82 Å². The number of hydrogen-bond donors (Lipinski definition) is 5. The normalized spacial score (nSPS) is 26.7. The summed E-state index contributed by atoms with van der Waals surface area (Å²) in [7, 11) is 0. The highest BCUT2D eigenvalue weighted by Crippen LogP contribution is 2.37. The molecule has 3 rings (SSSR count). The van der Waals surface area contributed by atoms with Crippen molar-refractivity contribution >= 4 is 16.9 Å². The Balaban J connectivity index is 2.17. The second kappa shape index (κ2) is 5.51. The predicted octanol–water partition coefficient (Wildman–Crippen LogP) is -2.65. The largest absolute Gasteiger partial charge is 0.393 e. The molecule has 3 heterocycles. The molecular weight excluding hydrogens is 308 g/mol. The fourth-order valence-electron chi connectivity index (χ4n) is 2.71. The van der Waals surface area contributed by atoms with E-state index in [-0.39, 0.29) is 16.9 Å². The third-order valence-corrected chi connectivity index (χ3v) is 4.05. The zero-order valence-corrected chi connectivity index (χ0v) is 11.9. The molecule has 1 fully saturated rings. The standard InChI is InChI=1S/C13H16N4O6/c14-10-7-6(20)1-2-17(11(7)16-5-15-10)12-8(21)9(22)13(3-18,4-19)23-12/h1-2,5,8-9,12,18-19,21-22H,3-4H2,(H2,14,15,16)/t8-,9+,12-/m1/s1. The van der Waals surface area contributed by atoms with Crippen LogP contribution in [0.2, 0.25) is 0 Å². The van der Waals surface area contributed by atoms with E-state index in [9.17, 15) is 25.2 Å². The quantitative estimate of drug-likeness (QED) is 0.405. The average Bonchev–Trinajstić information content (AvgIpc) is 2.81. The lowest BCUT2D eigenvalue weighted by Crippen LogP contribution is -2.49. The molecule has 1 aliphatic rings. The van der Waals surface area contributed by atoms with Gasteiger partial charge in [-0.3, -0.25) is 4.79 Å². The van der Waals surface area contributed by atoms with Crippen molar-refractivity contribution in [3.8, 4) is 0 Å². The number of aromatic nitrogens is 3. The predicted molar refractivity (Wildman–Crippen MR) is 77.2 cm³/mol. The maximum atomic E-state index is 11.9. The molecule has 0 spiro atoms. The van der Waals surface area contributed by atoms with Crippen molar-refractivity contribution in [2.24, 2.45) is 0 Å². The van der Waals surface area contributed by atoms with Gasteiger partial charge >= 0.3 is 0 Å². The molecule has 10 nitrogen and oxygen atoms in total. The minimum atomic E-state index is -1.72. The van der Waals surface area contributed by atoms with Crippen molar-refractivity contribution < 1.29 is 25.2 Å². The first kappa shape index (κ1) is 15.8. The minimum absolute atomic E-state index is 0.0297. The van der Waals surface area contributed by atoms with Crippen LogP contribution in [-0.4, -0.2) is 66.0 Å². The summed E-state index contributed by atoms with van der Waals surface area (Å²) < 4.78 is 6.81. The molecule has 3 atom stereocenters. The third kappa shape index (κ3) is 2.19. The highest BCUT2D eigenvalue weighted by atomic mass is 16.6. The molecule has 2 aromatic rings. The zero-order valence-electron chi connectivity index (χ0n) is 11.9. The van der Waals surface area contributed by atoms with E-state index in [0.29, 0.717) is 0 Å². The van der Waals surface area contributed by atoms with E-state index >= 15 is 0 Å². The lowest BCUT2D eigenvalue weighted by molar-refractivity contribution is -0.149. The number of nitrogens with zero attached hydrogens (tertiary/aromatic N) is 3. The van der Waals surface area contributed by atoms with Crippen LogP contribution in [0.15, 0.2) is 23.4 Å². The second-order valence-electron chi connectivity index (χ2n) is 5.37. The fraction of sp³-hybridized carbons (Fsp3) is 0.462. The molecule has 0 saturated carbocycles. The Hall–Kier alpha value is -2.11. The van der Waals surface area contributed by atoms with E-state index in [4.69, 9.17) is 10.5 Å². The van der Waals surface area contributed by atoms with Crippen LogP contribution in [-0.2, 0) is 4.74 Å². The van der Waals surface area contributed by atoms with Gasteiger partial charge in [0.2, 0.25) is 0 Å². The van der Waals surface area contributed by atoms with Crippen LogP contribution in [0.5, 0.6) is 0 Å². The number of aliphatic hydroxyl groups is 4. The van der Waals surface area contributed by atoms with Crippen molar-refractivity contribution in [2.75, 3.05) is 18.9 Å². The van der Waals surface area contributed by atoms with Crippen molar-refractivity contribution in [2.45, 2.75) is 24.0 Å². The van der Waals surface area contributed by atoms with Crippen LogP contribution < -0.4 is 11.2 Å². The van der Waals surface area contributed by atoms with Crippen LogP contribution in [0.25, 0.3) is 11.0 Å². The van der Waals surface area contributed by atoms with Gasteiger partial charge in [-0.05, 0) is 0 Å². The molecule has 0 amide bonds. The smallest absolute Gasteiger partial charge is 0.194 e. The number of nitrogen functional groups attached to an aromatic ring is 1. The van der Waals surface area contributed by atoms with Crippen LogP contribution in [0, 0.1) is 0 Å². The Labute approximate surface area is 129 Å². The summed E-state index contributed by atoms with van der Waals surface area (Å²) in [6.07, 6.45) is -1.70. The van der Waals surface area contributed by atoms with Gasteiger partial charge in [-0.2, -0.15) is 0 Å². The molecule has 10 heteroatoms. The maximum Gasteiger partial charge on any atom is 0.194 e. The summed E-state index contributed by atoms with van der Waals surface area (Å²) in [4.78, 5) is 19.7. The average molecular weight is 324 g/mol. The Bertz CT molecular complexity index is 790. The second-order valence-corrected chi connectivity index (χ2v) is 5.37. The Morgan fingerprint density at radius 1 is 1.30 bits per heavy atom. The highest BCUT2D eigenvalue weighted by molar-refractivity contribution is 5.84. The number of ether oxygens (including phenoxy) is 1. The van der Waals surface area contributed by atoms with E-state index in [1.807, 2.05) is 0 Å². The van der Waals surface area contributed by atoms with E-state index in [1.54, 1.807) is 0 Å². The van der Waals surface area contributed by atoms with Crippen molar-refractivity contribution in [3.05, 3.63) is 28.8 Å². The Morgan fingerprint density at radius 2 is 2.00 bits per heavy atom. The summed E-state index contributed by atoms with van der Waals surface area (Å²) in [5, 5.41) is 39.2. The molecule has 0 bridgehead atoms. The van der Waals surface area contributed by atoms with Gasteiger partial charge in [0.1, 0.15) is 35.3 Å². The monoisotopic (exact) mass is 324 g/mol. The van der Waals surface area contributed by atoms with Gasteiger partial charge in [0.05, 0.1) is 13.2 Å². The van der Waals surface area contributed by atoms with Gasteiger partial charge < -0.3 is 35.5 Å². The highest BCUT2D eigenvalue weighted by Gasteiger charge is 2.54. The van der Waals surface area contributed by atoms with Crippen molar-refractivity contribution in [1.82, 2.24) is 14.5 Å². The number of rotatable bonds is 3. The van der Waals surface area contributed by atoms with Gasteiger partial charge in [0.25, 0.3) is 0 Å². The number of anilines is 1. The summed E-state index contributed by atoms with van der Waals surface area (Å²) in [6.45, 7) is -1.40. The number of hydrogen-bond acceptors (Lipinski definition) is 9. The van der Waals surface area contributed by atoms with Gasteiger partial charge in [-0.1, -0.05) is 0 Å². The SMILES string of the molecule is Nc1ncnc2c1c(=O)ccn2[C@@H]1OC(CO)(CO)[C@@H](O)[C@H]1O. The van der Waals surface area contributed by atoms with Crippen molar-refractivity contribution in [1.29, 1.82) is 0 Å². The molecule has 1 saturated heterocycles. The first-order chi connectivity index (χ1) is 10.9. The van der Waals surface area contributed by atoms with Crippen LogP contribution >= 0.6 is 0 Å². The van der Waals surface area contributed by atoms with Gasteiger partial charge in [0.15, 0.2) is 17.3 Å². The van der Waals surface area contributed by atoms with Gasteiger partial charge in [-0.25, -0.2) is 9.97 Å². The molecular formula is C13H16N4O6. The van der Waals surface area contributed by atoms with E-state index < -0.39 is 42.7 Å². The zero-order chi connectivity index (χ0) is 16.8. The fourth-order valence-corrected chi connectivity index (χ4v) is 2.71. The molecule has 1 aliphatic heterocycles. The Kier molecular flexibility index (Phi) is 3.78. The molecule has 23 heavy (non-hydrogen) atoms. The first-order valence-electron chi connectivity index (χ1n) is 6.82. The lowest BCUT2D eigenvalue weighted by Gasteiger charge is -2.27. The number of pyridine rings is 1. The topological polar surface area (TPSA) is 164 Å². The summed E-state index contributed by atoms with van der Waals surface area (Å²) in [5.74, 6) is -0.0297. The van der Waals surface area contributed by atoms with E-state index in [0.717, 1.165) is 6.33 Å². The summed E-state index contributed by atoms with van der Waals surface area (Å²) in [5.41, 5.74) is 3.67. The first-order valence-corrected chi connectivity index (χ1v) is 6.82. The molecule has 2 aromatic heterocycles. The molecule has 0 radical (unpaired) electrons. The van der Waals surface area contributed by atoms with Crippen molar-refractivity contribution in [3.63, 3.8) is 0 Å². The third-order valence-electron chi connectivity index (χ3n) is 4.05. The number of nitrogens with two attached hydrogens (primary N) is 1. The van der Waals surface area contributed by atoms with Gasteiger partial charge in [-0.15, -0.1) is 0 Å². The van der Waals surface area contributed by atoms with E-state index in [2.05, 4.69) is 9.97 Å².